The smallest absolute Gasteiger partial charge is 0.213 e. The molecule has 1 aromatic rings. The van der Waals surface area contributed by atoms with Crippen molar-refractivity contribution in [2.24, 2.45) is 0 Å². The second kappa shape index (κ2) is 8.85. The lowest BCUT2D eigenvalue weighted by Crippen LogP contribution is -2.37. The Morgan fingerprint density at radius 1 is 1.38 bits per heavy atom. The first-order valence-corrected chi connectivity index (χ1v) is 7.85. The van der Waals surface area contributed by atoms with Crippen molar-refractivity contribution in [3.05, 3.63) is 18.3 Å². The van der Waals surface area contributed by atoms with E-state index in [1.807, 2.05) is 18.3 Å². The predicted octanol–water partition coefficient (Wildman–Crippen LogP) is 2.44. The summed E-state index contributed by atoms with van der Waals surface area (Å²) in [4.78, 5) is 4.29. The van der Waals surface area contributed by atoms with Gasteiger partial charge in [-0.3, -0.25) is 0 Å². The molecule has 1 aromatic heterocycles. The molecule has 1 fully saturated rings. The summed E-state index contributed by atoms with van der Waals surface area (Å²) in [7, 11) is 1.66. The Morgan fingerprint density at radius 3 is 2.95 bits per heavy atom. The molecule has 1 saturated heterocycles. The SMILES string of the molecule is COCCOc1ccc(NC(C)CC2CCCCN2)cn1. The number of rotatable bonds is 8. The number of piperidine rings is 1. The molecule has 0 radical (unpaired) electrons. The molecule has 5 nitrogen and oxygen atoms in total. The molecule has 1 aliphatic heterocycles. The van der Waals surface area contributed by atoms with E-state index < -0.39 is 0 Å². The van der Waals surface area contributed by atoms with Crippen molar-refractivity contribution in [2.75, 3.05) is 32.2 Å². The summed E-state index contributed by atoms with van der Waals surface area (Å²) in [5, 5.41) is 7.09. The first kappa shape index (κ1) is 16.0. The van der Waals surface area contributed by atoms with Gasteiger partial charge in [-0.1, -0.05) is 6.42 Å². The maximum absolute atomic E-state index is 5.45. The molecule has 2 rings (SSSR count). The van der Waals surface area contributed by atoms with Crippen molar-refractivity contribution >= 4 is 5.69 Å². The van der Waals surface area contributed by atoms with E-state index in [-0.39, 0.29) is 0 Å². The van der Waals surface area contributed by atoms with Gasteiger partial charge in [-0.25, -0.2) is 4.98 Å². The van der Waals surface area contributed by atoms with Gasteiger partial charge in [0.15, 0.2) is 0 Å². The number of aromatic nitrogens is 1. The van der Waals surface area contributed by atoms with E-state index in [2.05, 4.69) is 22.5 Å². The Kier molecular flexibility index (Phi) is 6.76. The first-order chi connectivity index (χ1) is 10.3. The molecule has 0 saturated carbocycles. The summed E-state index contributed by atoms with van der Waals surface area (Å²) in [5.74, 6) is 0.638. The van der Waals surface area contributed by atoms with Gasteiger partial charge in [0.1, 0.15) is 6.61 Å². The summed E-state index contributed by atoms with van der Waals surface area (Å²) in [6.45, 7) is 4.48. The zero-order valence-electron chi connectivity index (χ0n) is 13.1. The third kappa shape index (κ3) is 5.89. The molecule has 2 unspecified atom stereocenters. The van der Waals surface area contributed by atoms with Crippen LogP contribution in [0.15, 0.2) is 18.3 Å². The van der Waals surface area contributed by atoms with Gasteiger partial charge in [0.2, 0.25) is 5.88 Å². The van der Waals surface area contributed by atoms with Crippen LogP contribution in [0.4, 0.5) is 5.69 Å². The minimum absolute atomic E-state index is 0.433. The van der Waals surface area contributed by atoms with E-state index in [0.29, 0.717) is 31.2 Å². The van der Waals surface area contributed by atoms with Crippen molar-refractivity contribution in [2.45, 2.75) is 44.7 Å². The number of nitrogens with zero attached hydrogens (tertiary/aromatic N) is 1. The third-order valence-corrected chi connectivity index (χ3v) is 3.74. The summed E-state index contributed by atoms with van der Waals surface area (Å²) in [6.07, 6.45) is 6.92. The predicted molar refractivity (Wildman–Crippen MR) is 85.0 cm³/mol. The number of ether oxygens (including phenoxy) is 2. The van der Waals surface area contributed by atoms with Crippen LogP contribution in [0, 0.1) is 0 Å². The lowest BCUT2D eigenvalue weighted by molar-refractivity contribution is 0.144. The lowest BCUT2D eigenvalue weighted by Gasteiger charge is -2.27. The van der Waals surface area contributed by atoms with E-state index in [1.54, 1.807) is 7.11 Å². The zero-order chi connectivity index (χ0) is 14.9. The van der Waals surface area contributed by atoms with Gasteiger partial charge in [-0.15, -0.1) is 0 Å². The highest BCUT2D eigenvalue weighted by Crippen LogP contribution is 2.16. The van der Waals surface area contributed by atoms with E-state index in [1.165, 1.54) is 19.3 Å². The molecule has 0 spiro atoms. The normalized spacial score (nSPS) is 20.0. The summed E-state index contributed by atoms with van der Waals surface area (Å²) >= 11 is 0. The number of hydrogen-bond acceptors (Lipinski definition) is 5. The fraction of sp³-hybridized carbons (Fsp3) is 0.688. The number of methoxy groups -OCH3 is 1. The van der Waals surface area contributed by atoms with Gasteiger partial charge in [-0.05, 0) is 38.8 Å². The zero-order valence-corrected chi connectivity index (χ0v) is 13.1. The Morgan fingerprint density at radius 2 is 2.29 bits per heavy atom. The van der Waals surface area contributed by atoms with Gasteiger partial charge in [0.25, 0.3) is 0 Å². The molecule has 118 valence electrons. The molecule has 2 N–H and O–H groups in total. The van der Waals surface area contributed by atoms with Crippen LogP contribution in [-0.4, -0.2) is 43.9 Å². The van der Waals surface area contributed by atoms with Crippen LogP contribution in [0.3, 0.4) is 0 Å². The van der Waals surface area contributed by atoms with Crippen LogP contribution >= 0.6 is 0 Å². The van der Waals surface area contributed by atoms with Crippen LogP contribution in [0.2, 0.25) is 0 Å². The quantitative estimate of drug-likeness (QED) is 0.721. The fourth-order valence-corrected chi connectivity index (χ4v) is 2.68. The Bertz CT molecular complexity index is 391. The van der Waals surface area contributed by atoms with E-state index in [9.17, 15) is 0 Å². The molecule has 0 bridgehead atoms. The lowest BCUT2D eigenvalue weighted by atomic mass is 9.99. The van der Waals surface area contributed by atoms with Crippen molar-refractivity contribution < 1.29 is 9.47 Å². The molecule has 21 heavy (non-hydrogen) atoms. The second-order valence-corrected chi connectivity index (χ2v) is 5.65. The van der Waals surface area contributed by atoms with E-state index >= 15 is 0 Å². The van der Waals surface area contributed by atoms with Gasteiger partial charge < -0.3 is 20.1 Å². The van der Waals surface area contributed by atoms with Crippen molar-refractivity contribution in [1.82, 2.24) is 10.3 Å². The second-order valence-electron chi connectivity index (χ2n) is 5.65. The highest BCUT2D eigenvalue weighted by atomic mass is 16.5. The van der Waals surface area contributed by atoms with Crippen LogP contribution < -0.4 is 15.4 Å². The number of pyridine rings is 1. The number of hydrogen-bond donors (Lipinski definition) is 2. The van der Waals surface area contributed by atoms with Crippen LogP contribution in [0.25, 0.3) is 0 Å². The average Bonchev–Trinajstić information content (AvgIpc) is 2.50. The molecule has 1 aliphatic rings. The molecule has 0 aliphatic carbocycles. The third-order valence-electron chi connectivity index (χ3n) is 3.74. The van der Waals surface area contributed by atoms with Crippen LogP contribution in [-0.2, 0) is 4.74 Å². The Balaban J connectivity index is 1.73. The number of anilines is 1. The molecule has 0 amide bonds. The van der Waals surface area contributed by atoms with Crippen molar-refractivity contribution in [1.29, 1.82) is 0 Å². The van der Waals surface area contributed by atoms with Crippen molar-refractivity contribution in [3.63, 3.8) is 0 Å². The highest BCUT2D eigenvalue weighted by Gasteiger charge is 2.15. The van der Waals surface area contributed by atoms with Crippen LogP contribution in [0.5, 0.6) is 5.88 Å². The maximum Gasteiger partial charge on any atom is 0.213 e. The first-order valence-electron chi connectivity index (χ1n) is 7.85. The average molecular weight is 293 g/mol. The molecular weight excluding hydrogens is 266 g/mol. The summed E-state index contributed by atoms with van der Waals surface area (Å²) in [5.41, 5.74) is 1.04. The topological polar surface area (TPSA) is 55.4 Å². The van der Waals surface area contributed by atoms with Crippen LogP contribution in [0.1, 0.15) is 32.6 Å². The van der Waals surface area contributed by atoms with E-state index in [0.717, 1.165) is 18.7 Å². The molecule has 5 heteroatoms. The fourth-order valence-electron chi connectivity index (χ4n) is 2.68. The van der Waals surface area contributed by atoms with E-state index in [4.69, 9.17) is 9.47 Å². The summed E-state index contributed by atoms with van der Waals surface area (Å²) in [6, 6.07) is 4.98. The minimum atomic E-state index is 0.433. The molecule has 2 heterocycles. The van der Waals surface area contributed by atoms with Gasteiger partial charge in [-0.2, -0.15) is 0 Å². The van der Waals surface area contributed by atoms with Gasteiger partial charge in [0.05, 0.1) is 18.5 Å². The van der Waals surface area contributed by atoms with Gasteiger partial charge in [0, 0.05) is 25.3 Å². The monoisotopic (exact) mass is 293 g/mol. The largest absolute Gasteiger partial charge is 0.475 e. The maximum atomic E-state index is 5.45. The molecular formula is C16H27N3O2. The highest BCUT2D eigenvalue weighted by molar-refractivity contribution is 5.42. The Labute approximate surface area is 127 Å². The summed E-state index contributed by atoms with van der Waals surface area (Å²) < 4.78 is 10.4. The molecule has 0 aromatic carbocycles. The van der Waals surface area contributed by atoms with Gasteiger partial charge >= 0.3 is 0 Å². The standard InChI is InChI=1S/C16H27N3O2/c1-13(11-14-5-3-4-8-17-14)19-15-6-7-16(18-12-15)21-10-9-20-2/h6-7,12-14,17,19H,3-5,8-11H2,1-2H3. The number of nitrogens with one attached hydrogen (secondary N) is 2. The molecule has 2 atom stereocenters. The Hall–Kier alpha value is -1.33. The van der Waals surface area contributed by atoms with Crippen molar-refractivity contribution in [3.8, 4) is 5.88 Å². The minimum Gasteiger partial charge on any atom is -0.475 e.